The van der Waals surface area contributed by atoms with Crippen LogP contribution in [0.15, 0.2) is 18.5 Å². The Hall–Kier alpha value is -2.41. The number of amides is 1. The average Bonchev–Trinajstić information content (AvgIpc) is 2.50. The number of anilines is 1. The van der Waals surface area contributed by atoms with Gasteiger partial charge in [0.2, 0.25) is 5.82 Å². The van der Waals surface area contributed by atoms with Crippen molar-refractivity contribution in [1.82, 2.24) is 20.2 Å². The summed E-state index contributed by atoms with van der Waals surface area (Å²) >= 11 is 0. The molecule has 0 fully saturated rings. The number of aryl methyl sites for hydroxylation is 2. The zero-order chi connectivity index (χ0) is 15.4. The summed E-state index contributed by atoms with van der Waals surface area (Å²) in [5.74, 6) is -0.194. The van der Waals surface area contributed by atoms with E-state index in [1.54, 1.807) is 6.07 Å². The molecule has 2 aromatic heterocycles. The molecular formula is C14H17N5O2. The minimum atomic E-state index is -0.337. The summed E-state index contributed by atoms with van der Waals surface area (Å²) in [5.41, 5.74) is 3.14. The molecule has 0 aromatic carbocycles. The lowest BCUT2D eigenvalue weighted by atomic mass is 10.2. The maximum absolute atomic E-state index is 12.6. The zero-order valence-electron chi connectivity index (χ0n) is 12.5. The van der Waals surface area contributed by atoms with Gasteiger partial charge in [0.15, 0.2) is 0 Å². The van der Waals surface area contributed by atoms with Gasteiger partial charge in [0.1, 0.15) is 6.73 Å². The van der Waals surface area contributed by atoms with E-state index < -0.39 is 0 Å². The number of carbonyl (C=O) groups excluding carboxylic acids is 1. The molecule has 2 aromatic rings. The Morgan fingerprint density at radius 1 is 1.19 bits per heavy atom. The first-order chi connectivity index (χ1) is 10.0. The van der Waals surface area contributed by atoms with Crippen molar-refractivity contribution < 1.29 is 9.53 Å². The first-order valence-corrected chi connectivity index (χ1v) is 6.44. The van der Waals surface area contributed by atoms with Crippen molar-refractivity contribution in [2.24, 2.45) is 0 Å². The van der Waals surface area contributed by atoms with E-state index in [4.69, 9.17) is 4.74 Å². The van der Waals surface area contributed by atoms with Crippen LogP contribution in [0.3, 0.4) is 0 Å². The number of ether oxygens (including phenoxy) is 1. The monoisotopic (exact) mass is 287 g/mol. The molecule has 0 aliphatic carbocycles. The highest BCUT2D eigenvalue weighted by atomic mass is 16.5. The molecule has 0 atom stereocenters. The van der Waals surface area contributed by atoms with Crippen molar-refractivity contribution in [1.29, 1.82) is 0 Å². The Kier molecular flexibility index (Phi) is 4.54. The normalized spacial score (nSPS) is 10.5. The zero-order valence-corrected chi connectivity index (χ0v) is 12.5. The predicted octanol–water partition coefficient (Wildman–Crippen LogP) is 1.44. The van der Waals surface area contributed by atoms with Crippen LogP contribution >= 0.6 is 0 Å². The molecule has 0 bridgehead atoms. The molecule has 0 unspecified atom stereocenters. The summed E-state index contributed by atoms with van der Waals surface area (Å²) in [6, 6.07) is 1.68. The topological polar surface area (TPSA) is 81.1 Å². The quantitative estimate of drug-likeness (QED) is 0.791. The van der Waals surface area contributed by atoms with E-state index in [-0.39, 0.29) is 18.5 Å². The lowest BCUT2D eigenvalue weighted by Crippen LogP contribution is -2.34. The van der Waals surface area contributed by atoms with Gasteiger partial charge in [-0.2, -0.15) is 10.2 Å². The highest BCUT2D eigenvalue weighted by Gasteiger charge is 2.21. The minimum absolute atomic E-state index is 0.0832. The van der Waals surface area contributed by atoms with Crippen LogP contribution in [0.25, 0.3) is 0 Å². The standard InChI is InChI=1S/C14H17N5O2/c1-9-10(2)17-13(18-11(9)3)14(20)19(8-21-4)12-5-6-15-16-7-12/h5-7H,8H2,1-4H3. The first kappa shape index (κ1) is 15.0. The molecule has 7 nitrogen and oxygen atoms in total. The molecule has 110 valence electrons. The Morgan fingerprint density at radius 2 is 1.86 bits per heavy atom. The van der Waals surface area contributed by atoms with Gasteiger partial charge < -0.3 is 4.74 Å². The van der Waals surface area contributed by atoms with E-state index in [0.29, 0.717) is 5.69 Å². The van der Waals surface area contributed by atoms with Crippen molar-refractivity contribution in [2.75, 3.05) is 18.7 Å². The van der Waals surface area contributed by atoms with Gasteiger partial charge in [-0.15, -0.1) is 0 Å². The molecule has 0 N–H and O–H groups in total. The fraction of sp³-hybridized carbons (Fsp3) is 0.357. The van der Waals surface area contributed by atoms with Gasteiger partial charge in [-0.1, -0.05) is 0 Å². The van der Waals surface area contributed by atoms with Crippen LogP contribution in [-0.2, 0) is 4.74 Å². The first-order valence-electron chi connectivity index (χ1n) is 6.44. The molecule has 21 heavy (non-hydrogen) atoms. The molecule has 7 heteroatoms. The van der Waals surface area contributed by atoms with Crippen LogP contribution in [0.2, 0.25) is 0 Å². The number of rotatable bonds is 4. The molecule has 2 heterocycles. The number of nitrogens with zero attached hydrogens (tertiary/aromatic N) is 5. The lowest BCUT2D eigenvalue weighted by molar-refractivity contribution is 0.0925. The predicted molar refractivity (Wildman–Crippen MR) is 77.0 cm³/mol. The lowest BCUT2D eigenvalue weighted by Gasteiger charge is -2.20. The molecule has 0 saturated heterocycles. The summed E-state index contributed by atoms with van der Waals surface area (Å²) in [6.45, 7) is 5.73. The summed E-state index contributed by atoms with van der Waals surface area (Å²) in [7, 11) is 1.52. The third kappa shape index (κ3) is 3.19. The van der Waals surface area contributed by atoms with Crippen molar-refractivity contribution in [3.05, 3.63) is 41.2 Å². The van der Waals surface area contributed by atoms with Crippen LogP contribution < -0.4 is 4.90 Å². The van der Waals surface area contributed by atoms with Crippen molar-refractivity contribution in [3.63, 3.8) is 0 Å². The van der Waals surface area contributed by atoms with Gasteiger partial charge in [0.25, 0.3) is 5.91 Å². The Labute approximate surface area is 123 Å². The summed E-state index contributed by atoms with van der Waals surface area (Å²) < 4.78 is 5.09. The molecule has 0 radical (unpaired) electrons. The van der Waals surface area contributed by atoms with Crippen LogP contribution in [0.1, 0.15) is 27.6 Å². The van der Waals surface area contributed by atoms with E-state index in [1.165, 1.54) is 24.4 Å². The van der Waals surface area contributed by atoms with Crippen LogP contribution in [-0.4, -0.2) is 39.9 Å². The molecule has 0 aliphatic heterocycles. The van der Waals surface area contributed by atoms with E-state index in [0.717, 1.165) is 17.0 Å². The number of methoxy groups -OCH3 is 1. The SMILES string of the molecule is COCN(C(=O)c1nc(C)c(C)c(C)n1)c1ccnnc1. The molecule has 0 saturated carbocycles. The molecule has 2 rings (SSSR count). The maximum atomic E-state index is 12.6. The van der Waals surface area contributed by atoms with Gasteiger partial charge in [0.05, 0.1) is 18.1 Å². The van der Waals surface area contributed by atoms with Gasteiger partial charge in [-0.05, 0) is 32.4 Å². The highest BCUT2D eigenvalue weighted by Crippen LogP contribution is 2.15. The van der Waals surface area contributed by atoms with Gasteiger partial charge in [-0.25, -0.2) is 9.97 Å². The Morgan fingerprint density at radius 3 is 2.38 bits per heavy atom. The van der Waals surface area contributed by atoms with Gasteiger partial charge in [-0.3, -0.25) is 9.69 Å². The third-order valence-electron chi connectivity index (χ3n) is 3.21. The highest BCUT2D eigenvalue weighted by molar-refractivity contribution is 6.03. The largest absolute Gasteiger partial charge is 0.364 e. The number of hydrogen-bond acceptors (Lipinski definition) is 6. The van der Waals surface area contributed by atoms with Crippen molar-refractivity contribution in [3.8, 4) is 0 Å². The van der Waals surface area contributed by atoms with Crippen molar-refractivity contribution in [2.45, 2.75) is 20.8 Å². The molecule has 1 amide bonds. The molecule has 0 spiro atoms. The van der Waals surface area contributed by atoms with Crippen LogP contribution in [0.5, 0.6) is 0 Å². The maximum Gasteiger partial charge on any atom is 0.298 e. The third-order valence-corrected chi connectivity index (χ3v) is 3.21. The summed E-state index contributed by atoms with van der Waals surface area (Å²) in [5, 5.41) is 7.47. The van der Waals surface area contributed by atoms with Crippen molar-refractivity contribution >= 4 is 11.6 Å². The number of aromatic nitrogens is 4. The molecule has 0 aliphatic rings. The van der Waals surface area contributed by atoms with E-state index in [9.17, 15) is 4.79 Å². The fourth-order valence-electron chi connectivity index (χ4n) is 1.81. The smallest absolute Gasteiger partial charge is 0.298 e. The number of hydrogen-bond donors (Lipinski definition) is 0. The van der Waals surface area contributed by atoms with Gasteiger partial charge >= 0.3 is 0 Å². The Balaban J connectivity index is 2.40. The molecular weight excluding hydrogens is 270 g/mol. The fourth-order valence-corrected chi connectivity index (χ4v) is 1.81. The second-order valence-corrected chi connectivity index (χ2v) is 4.59. The minimum Gasteiger partial charge on any atom is -0.364 e. The van der Waals surface area contributed by atoms with E-state index in [1.807, 2.05) is 20.8 Å². The van der Waals surface area contributed by atoms with Gasteiger partial charge in [0, 0.05) is 18.5 Å². The Bertz CT molecular complexity index is 622. The summed E-state index contributed by atoms with van der Waals surface area (Å²) in [6.07, 6.45) is 3.00. The van der Waals surface area contributed by atoms with Crippen LogP contribution in [0, 0.1) is 20.8 Å². The van der Waals surface area contributed by atoms with Crippen LogP contribution in [0.4, 0.5) is 5.69 Å². The second kappa shape index (κ2) is 6.36. The van der Waals surface area contributed by atoms with E-state index >= 15 is 0 Å². The summed E-state index contributed by atoms with van der Waals surface area (Å²) in [4.78, 5) is 22.6. The average molecular weight is 287 g/mol. The van der Waals surface area contributed by atoms with E-state index in [2.05, 4.69) is 20.2 Å². The second-order valence-electron chi connectivity index (χ2n) is 4.59. The number of carbonyl (C=O) groups is 1.